The monoisotopic (exact) mass is 292 g/mol. The molecule has 1 fully saturated rings. The highest BCUT2D eigenvalue weighted by Gasteiger charge is 2.23. The van der Waals surface area contributed by atoms with Crippen molar-refractivity contribution in [1.82, 2.24) is 9.80 Å². The fourth-order valence-electron chi connectivity index (χ4n) is 2.92. The van der Waals surface area contributed by atoms with Gasteiger partial charge in [-0.1, -0.05) is 12.1 Å². The number of likely N-dealkylation sites (N-methyl/N-ethyl adjacent to an activating group) is 1. The molecule has 0 spiro atoms. The molecule has 0 aromatic heterocycles. The van der Waals surface area contributed by atoms with Crippen molar-refractivity contribution in [2.75, 3.05) is 33.7 Å². The molecule has 0 aliphatic carbocycles. The number of nitrogens with zero attached hydrogens (tertiary/aromatic N) is 2. The van der Waals surface area contributed by atoms with E-state index in [1.165, 1.54) is 24.1 Å². The van der Waals surface area contributed by atoms with Gasteiger partial charge in [0.15, 0.2) is 0 Å². The maximum absolute atomic E-state index is 12.9. The van der Waals surface area contributed by atoms with Gasteiger partial charge in [0, 0.05) is 13.1 Å². The summed E-state index contributed by atoms with van der Waals surface area (Å²) in [7, 11) is 3.85. The molecule has 0 bridgehead atoms. The lowest BCUT2D eigenvalue weighted by atomic mass is 9.91. The van der Waals surface area contributed by atoms with Gasteiger partial charge in [0.2, 0.25) is 5.91 Å². The molecule has 4 heteroatoms. The van der Waals surface area contributed by atoms with Crippen LogP contribution in [0.4, 0.5) is 4.39 Å². The Kier molecular flexibility index (Phi) is 5.74. The standard InChI is InChI=1S/C17H25FN2O/c1-19(2)13-17(21)20-11-3-4-15(12-20)6-5-14-7-9-16(18)10-8-14/h7-10,15H,3-6,11-13H2,1-2H3/t15-/m1/s1. The van der Waals surface area contributed by atoms with Crippen molar-refractivity contribution in [3.8, 4) is 0 Å². The van der Waals surface area contributed by atoms with Crippen molar-refractivity contribution in [3.63, 3.8) is 0 Å². The predicted octanol–water partition coefficient (Wildman–Crippen LogP) is 2.56. The third kappa shape index (κ3) is 5.12. The number of carbonyl (C=O) groups excluding carboxylic acids is 1. The maximum atomic E-state index is 12.9. The smallest absolute Gasteiger partial charge is 0.236 e. The molecule has 116 valence electrons. The highest BCUT2D eigenvalue weighted by Crippen LogP contribution is 2.21. The molecule has 1 atom stereocenters. The molecule has 1 amide bonds. The van der Waals surface area contributed by atoms with Crippen molar-refractivity contribution in [3.05, 3.63) is 35.6 Å². The average molecular weight is 292 g/mol. The highest BCUT2D eigenvalue weighted by molar-refractivity contribution is 5.78. The molecule has 0 radical (unpaired) electrons. The Morgan fingerprint density at radius 1 is 1.33 bits per heavy atom. The summed E-state index contributed by atoms with van der Waals surface area (Å²) in [6.45, 7) is 2.25. The molecule has 0 saturated carbocycles. The molecule has 1 aromatic carbocycles. The lowest BCUT2D eigenvalue weighted by molar-refractivity contribution is -0.133. The van der Waals surface area contributed by atoms with Gasteiger partial charge in [-0.2, -0.15) is 0 Å². The second-order valence-electron chi connectivity index (χ2n) is 6.25. The molecule has 1 aromatic rings. The van der Waals surface area contributed by atoms with E-state index in [2.05, 4.69) is 0 Å². The molecule has 1 aliphatic rings. The van der Waals surface area contributed by atoms with Gasteiger partial charge in [-0.3, -0.25) is 4.79 Å². The zero-order valence-electron chi connectivity index (χ0n) is 13.0. The Balaban J connectivity index is 1.81. The average Bonchev–Trinajstić information content (AvgIpc) is 2.46. The van der Waals surface area contributed by atoms with Gasteiger partial charge in [-0.25, -0.2) is 4.39 Å². The minimum Gasteiger partial charge on any atom is -0.341 e. The zero-order valence-corrected chi connectivity index (χ0v) is 13.0. The molecule has 1 aliphatic heterocycles. The van der Waals surface area contributed by atoms with E-state index in [4.69, 9.17) is 0 Å². The van der Waals surface area contributed by atoms with Gasteiger partial charge in [-0.15, -0.1) is 0 Å². The van der Waals surface area contributed by atoms with E-state index in [0.717, 1.165) is 32.4 Å². The van der Waals surface area contributed by atoms with E-state index in [9.17, 15) is 9.18 Å². The van der Waals surface area contributed by atoms with Gasteiger partial charge >= 0.3 is 0 Å². The van der Waals surface area contributed by atoms with Gasteiger partial charge in [0.25, 0.3) is 0 Å². The van der Waals surface area contributed by atoms with Crippen molar-refractivity contribution in [2.45, 2.75) is 25.7 Å². The Morgan fingerprint density at radius 2 is 2.05 bits per heavy atom. The number of likely N-dealkylation sites (tertiary alicyclic amines) is 1. The Labute approximate surface area is 126 Å². The van der Waals surface area contributed by atoms with E-state index in [0.29, 0.717) is 12.5 Å². The Hall–Kier alpha value is -1.42. The molecule has 1 heterocycles. The second-order valence-corrected chi connectivity index (χ2v) is 6.25. The second kappa shape index (κ2) is 7.55. The number of piperidine rings is 1. The first kappa shape index (κ1) is 16.0. The molecule has 0 unspecified atom stereocenters. The topological polar surface area (TPSA) is 23.6 Å². The largest absolute Gasteiger partial charge is 0.341 e. The van der Waals surface area contributed by atoms with E-state index in [1.807, 2.05) is 36.0 Å². The summed E-state index contributed by atoms with van der Waals surface area (Å²) in [6.07, 6.45) is 4.30. The van der Waals surface area contributed by atoms with Gasteiger partial charge in [0.1, 0.15) is 5.82 Å². The lowest BCUT2D eigenvalue weighted by Gasteiger charge is -2.33. The minimum atomic E-state index is -0.183. The summed E-state index contributed by atoms with van der Waals surface area (Å²) in [5, 5.41) is 0. The zero-order chi connectivity index (χ0) is 15.2. The number of rotatable bonds is 5. The molecular formula is C17H25FN2O. The number of amides is 1. The van der Waals surface area contributed by atoms with E-state index < -0.39 is 0 Å². The predicted molar refractivity (Wildman–Crippen MR) is 82.6 cm³/mol. The maximum Gasteiger partial charge on any atom is 0.236 e. The molecular weight excluding hydrogens is 267 g/mol. The van der Waals surface area contributed by atoms with Crippen LogP contribution in [0.1, 0.15) is 24.8 Å². The van der Waals surface area contributed by atoms with Crippen LogP contribution in [0.2, 0.25) is 0 Å². The number of aryl methyl sites for hydroxylation is 1. The summed E-state index contributed by atoms with van der Waals surface area (Å²) < 4.78 is 12.9. The summed E-state index contributed by atoms with van der Waals surface area (Å²) in [6, 6.07) is 6.74. The number of benzene rings is 1. The van der Waals surface area contributed by atoms with Crippen LogP contribution in [0.3, 0.4) is 0 Å². The number of halogens is 1. The SMILES string of the molecule is CN(C)CC(=O)N1CCC[C@H](CCc2ccc(F)cc2)C1. The van der Waals surface area contributed by atoms with Crippen molar-refractivity contribution in [2.24, 2.45) is 5.92 Å². The van der Waals surface area contributed by atoms with Crippen LogP contribution in [0.15, 0.2) is 24.3 Å². The van der Waals surface area contributed by atoms with Crippen LogP contribution < -0.4 is 0 Å². The minimum absolute atomic E-state index is 0.183. The lowest BCUT2D eigenvalue weighted by Crippen LogP contribution is -2.43. The Morgan fingerprint density at radius 3 is 2.71 bits per heavy atom. The van der Waals surface area contributed by atoms with Crippen LogP contribution in [0.5, 0.6) is 0 Å². The van der Waals surface area contributed by atoms with Crippen molar-refractivity contribution in [1.29, 1.82) is 0 Å². The van der Waals surface area contributed by atoms with E-state index >= 15 is 0 Å². The molecule has 2 rings (SSSR count). The van der Waals surface area contributed by atoms with Gasteiger partial charge in [0.05, 0.1) is 6.54 Å². The quantitative estimate of drug-likeness (QED) is 0.833. The molecule has 1 saturated heterocycles. The van der Waals surface area contributed by atoms with Crippen molar-refractivity contribution < 1.29 is 9.18 Å². The first-order valence-electron chi connectivity index (χ1n) is 7.71. The molecule has 21 heavy (non-hydrogen) atoms. The molecule has 3 nitrogen and oxygen atoms in total. The van der Waals surface area contributed by atoms with Crippen LogP contribution in [-0.2, 0) is 11.2 Å². The first-order valence-corrected chi connectivity index (χ1v) is 7.71. The fraction of sp³-hybridized carbons (Fsp3) is 0.588. The fourth-order valence-corrected chi connectivity index (χ4v) is 2.92. The highest BCUT2D eigenvalue weighted by atomic mass is 19.1. The first-order chi connectivity index (χ1) is 10.0. The van der Waals surface area contributed by atoms with Gasteiger partial charge in [-0.05, 0) is 63.4 Å². The normalized spacial score (nSPS) is 19.0. The summed E-state index contributed by atoms with van der Waals surface area (Å²) in [4.78, 5) is 16.0. The molecule has 0 N–H and O–H groups in total. The third-order valence-electron chi connectivity index (χ3n) is 4.08. The summed E-state index contributed by atoms with van der Waals surface area (Å²) in [5.41, 5.74) is 1.17. The summed E-state index contributed by atoms with van der Waals surface area (Å²) in [5.74, 6) is 0.610. The van der Waals surface area contributed by atoms with Crippen molar-refractivity contribution >= 4 is 5.91 Å². The van der Waals surface area contributed by atoms with Crippen LogP contribution >= 0.6 is 0 Å². The number of carbonyl (C=O) groups is 1. The van der Waals surface area contributed by atoms with Crippen LogP contribution in [-0.4, -0.2) is 49.4 Å². The van der Waals surface area contributed by atoms with E-state index in [-0.39, 0.29) is 11.7 Å². The van der Waals surface area contributed by atoms with Crippen LogP contribution in [0, 0.1) is 11.7 Å². The van der Waals surface area contributed by atoms with Gasteiger partial charge < -0.3 is 9.80 Å². The van der Waals surface area contributed by atoms with Crippen LogP contribution in [0.25, 0.3) is 0 Å². The van der Waals surface area contributed by atoms with E-state index in [1.54, 1.807) is 0 Å². The number of hydrogen-bond donors (Lipinski definition) is 0. The number of hydrogen-bond acceptors (Lipinski definition) is 2. The third-order valence-corrected chi connectivity index (χ3v) is 4.08. The Bertz CT molecular complexity index is 458. The summed E-state index contributed by atoms with van der Waals surface area (Å²) >= 11 is 0.